The zero-order valence-electron chi connectivity index (χ0n) is 8.94. The van der Waals surface area contributed by atoms with Crippen LogP contribution in [0.25, 0.3) is 0 Å². The standard InChI is InChI=1S/C11H18O4/c1-3-11(12)15-8-6-5-7-14-10-9-13-4-2/h3-4H,1-2,5-10H2. The van der Waals surface area contributed by atoms with Crippen molar-refractivity contribution in [2.45, 2.75) is 12.8 Å². The Kier molecular flexibility index (Phi) is 9.86. The van der Waals surface area contributed by atoms with Crippen molar-refractivity contribution in [1.29, 1.82) is 0 Å². The molecule has 0 heterocycles. The van der Waals surface area contributed by atoms with Gasteiger partial charge in [0.05, 0.1) is 19.5 Å². The molecule has 4 nitrogen and oxygen atoms in total. The summed E-state index contributed by atoms with van der Waals surface area (Å²) in [6, 6.07) is 0. The van der Waals surface area contributed by atoms with E-state index in [9.17, 15) is 4.79 Å². The van der Waals surface area contributed by atoms with Crippen LogP contribution in [-0.4, -0.2) is 32.4 Å². The average Bonchev–Trinajstić information content (AvgIpc) is 2.26. The zero-order valence-corrected chi connectivity index (χ0v) is 8.94. The van der Waals surface area contributed by atoms with E-state index in [0.717, 1.165) is 18.9 Å². The maximum absolute atomic E-state index is 10.6. The van der Waals surface area contributed by atoms with E-state index < -0.39 is 0 Å². The Balaban J connectivity index is 3.01. The summed E-state index contributed by atoms with van der Waals surface area (Å²) in [4.78, 5) is 10.6. The predicted octanol–water partition coefficient (Wildman–Crippen LogP) is 1.67. The molecule has 0 aromatic heterocycles. The fourth-order valence-electron chi connectivity index (χ4n) is 0.830. The molecular weight excluding hydrogens is 196 g/mol. The van der Waals surface area contributed by atoms with Crippen LogP contribution in [0.3, 0.4) is 0 Å². The van der Waals surface area contributed by atoms with Gasteiger partial charge in [-0.25, -0.2) is 4.79 Å². The van der Waals surface area contributed by atoms with Crippen molar-refractivity contribution in [3.05, 3.63) is 25.5 Å². The molecule has 0 rings (SSSR count). The summed E-state index contributed by atoms with van der Waals surface area (Å²) < 4.78 is 14.9. The van der Waals surface area contributed by atoms with Crippen molar-refractivity contribution < 1.29 is 19.0 Å². The molecular formula is C11H18O4. The Morgan fingerprint density at radius 2 is 1.80 bits per heavy atom. The number of hydrogen-bond donors (Lipinski definition) is 0. The monoisotopic (exact) mass is 214 g/mol. The van der Waals surface area contributed by atoms with Gasteiger partial charge in [-0.2, -0.15) is 0 Å². The predicted molar refractivity (Wildman–Crippen MR) is 57.4 cm³/mol. The minimum absolute atomic E-state index is 0.379. The summed E-state index contributed by atoms with van der Waals surface area (Å²) in [5, 5.41) is 0. The second-order valence-electron chi connectivity index (χ2n) is 2.73. The molecule has 0 amide bonds. The molecule has 0 saturated carbocycles. The van der Waals surface area contributed by atoms with E-state index in [2.05, 4.69) is 13.2 Å². The minimum Gasteiger partial charge on any atom is -0.499 e. The highest BCUT2D eigenvalue weighted by Gasteiger charge is 1.95. The summed E-state index contributed by atoms with van der Waals surface area (Å²) >= 11 is 0. The number of carbonyl (C=O) groups excluding carboxylic acids is 1. The number of rotatable bonds is 10. The van der Waals surface area contributed by atoms with Crippen LogP contribution < -0.4 is 0 Å². The first-order chi connectivity index (χ1) is 7.31. The largest absolute Gasteiger partial charge is 0.499 e. The lowest BCUT2D eigenvalue weighted by atomic mass is 10.3. The fraction of sp³-hybridized carbons (Fsp3) is 0.545. The molecule has 0 aromatic carbocycles. The van der Waals surface area contributed by atoms with Gasteiger partial charge in [0, 0.05) is 12.7 Å². The molecule has 0 bridgehead atoms. The van der Waals surface area contributed by atoms with E-state index in [4.69, 9.17) is 14.2 Å². The summed E-state index contributed by atoms with van der Waals surface area (Å²) in [5.41, 5.74) is 0. The molecule has 0 radical (unpaired) electrons. The van der Waals surface area contributed by atoms with Crippen LogP contribution in [0.5, 0.6) is 0 Å². The first kappa shape index (κ1) is 13.7. The van der Waals surface area contributed by atoms with Gasteiger partial charge in [0.2, 0.25) is 0 Å². The van der Waals surface area contributed by atoms with Crippen molar-refractivity contribution in [2.24, 2.45) is 0 Å². The molecule has 0 aliphatic carbocycles. The van der Waals surface area contributed by atoms with E-state index in [1.54, 1.807) is 0 Å². The minimum atomic E-state index is -0.379. The molecule has 0 atom stereocenters. The lowest BCUT2D eigenvalue weighted by molar-refractivity contribution is -0.137. The second kappa shape index (κ2) is 10.8. The number of carbonyl (C=O) groups is 1. The lowest BCUT2D eigenvalue weighted by Gasteiger charge is -2.04. The van der Waals surface area contributed by atoms with Gasteiger partial charge < -0.3 is 14.2 Å². The first-order valence-electron chi connectivity index (χ1n) is 4.90. The average molecular weight is 214 g/mol. The smallest absolute Gasteiger partial charge is 0.330 e. The van der Waals surface area contributed by atoms with Crippen LogP contribution in [0.4, 0.5) is 0 Å². The highest BCUT2D eigenvalue weighted by molar-refractivity contribution is 5.81. The van der Waals surface area contributed by atoms with E-state index in [0.29, 0.717) is 26.4 Å². The lowest BCUT2D eigenvalue weighted by Crippen LogP contribution is -2.05. The van der Waals surface area contributed by atoms with Crippen molar-refractivity contribution in [2.75, 3.05) is 26.4 Å². The SMILES string of the molecule is C=COCCOCCCCOC(=O)C=C. The number of unbranched alkanes of at least 4 members (excludes halogenated alkanes) is 1. The van der Waals surface area contributed by atoms with Crippen molar-refractivity contribution >= 4 is 5.97 Å². The molecule has 0 fully saturated rings. The van der Waals surface area contributed by atoms with Crippen LogP contribution in [0.15, 0.2) is 25.5 Å². The first-order valence-corrected chi connectivity index (χ1v) is 4.90. The zero-order chi connectivity index (χ0) is 11.4. The van der Waals surface area contributed by atoms with E-state index in [1.807, 2.05) is 0 Å². The molecule has 0 aliphatic heterocycles. The van der Waals surface area contributed by atoms with Crippen molar-refractivity contribution in [3.63, 3.8) is 0 Å². The molecule has 0 aromatic rings. The Labute approximate surface area is 90.5 Å². The molecule has 86 valence electrons. The van der Waals surface area contributed by atoms with E-state index >= 15 is 0 Å². The molecule has 0 unspecified atom stereocenters. The van der Waals surface area contributed by atoms with Crippen LogP contribution >= 0.6 is 0 Å². The molecule has 4 heteroatoms. The maximum atomic E-state index is 10.6. The van der Waals surface area contributed by atoms with Gasteiger partial charge in [0.25, 0.3) is 0 Å². The number of hydrogen-bond acceptors (Lipinski definition) is 4. The topological polar surface area (TPSA) is 44.8 Å². The van der Waals surface area contributed by atoms with Gasteiger partial charge in [-0.3, -0.25) is 0 Å². The Morgan fingerprint density at radius 1 is 1.07 bits per heavy atom. The van der Waals surface area contributed by atoms with Crippen LogP contribution in [0.1, 0.15) is 12.8 Å². The molecule has 0 spiro atoms. The van der Waals surface area contributed by atoms with Gasteiger partial charge in [-0.15, -0.1) is 0 Å². The van der Waals surface area contributed by atoms with Gasteiger partial charge in [0.1, 0.15) is 6.61 Å². The third kappa shape index (κ3) is 10.6. The third-order valence-electron chi connectivity index (χ3n) is 1.56. The van der Waals surface area contributed by atoms with Crippen LogP contribution in [0, 0.1) is 0 Å². The summed E-state index contributed by atoms with van der Waals surface area (Å²) in [7, 11) is 0. The number of ether oxygens (including phenoxy) is 3. The van der Waals surface area contributed by atoms with Gasteiger partial charge in [-0.1, -0.05) is 13.2 Å². The number of esters is 1. The van der Waals surface area contributed by atoms with E-state index in [-0.39, 0.29) is 5.97 Å². The Bertz CT molecular complexity index is 189. The van der Waals surface area contributed by atoms with E-state index in [1.165, 1.54) is 6.26 Å². The molecule has 0 aliphatic rings. The quantitative estimate of drug-likeness (QED) is 0.240. The van der Waals surface area contributed by atoms with Crippen LogP contribution in [-0.2, 0) is 19.0 Å². The highest BCUT2D eigenvalue weighted by atomic mass is 16.5. The molecule has 0 N–H and O–H groups in total. The summed E-state index contributed by atoms with van der Waals surface area (Å²) in [5.74, 6) is -0.379. The Hall–Kier alpha value is -1.29. The van der Waals surface area contributed by atoms with Gasteiger partial charge in [0.15, 0.2) is 0 Å². The molecule has 15 heavy (non-hydrogen) atoms. The fourth-order valence-corrected chi connectivity index (χ4v) is 0.830. The molecule has 0 saturated heterocycles. The maximum Gasteiger partial charge on any atom is 0.330 e. The Morgan fingerprint density at radius 3 is 2.47 bits per heavy atom. The van der Waals surface area contributed by atoms with Crippen LogP contribution in [0.2, 0.25) is 0 Å². The summed E-state index contributed by atoms with van der Waals surface area (Å²) in [6.45, 7) is 8.84. The van der Waals surface area contributed by atoms with Crippen molar-refractivity contribution in [3.8, 4) is 0 Å². The van der Waals surface area contributed by atoms with Gasteiger partial charge in [-0.05, 0) is 12.8 Å². The second-order valence-corrected chi connectivity index (χ2v) is 2.73. The normalized spacial score (nSPS) is 9.33. The third-order valence-corrected chi connectivity index (χ3v) is 1.56. The van der Waals surface area contributed by atoms with Crippen molar-refractivity contribution in [1.82, 2.24) is 0 Å². The highest BCUT2D eigenvalue weighted by Crippen LogP contribution is 1.92. The van der Waals surface area contributed by atoms with Gasteiger partial charge >= 0.3 is 5.97 Å². The summed E-state index contributed by atoms with van der Waals surface area (Å²) in [6.07, 6.45) is 4.20.